The van der Waals surface area contributed by atoms with Gasteiger partial charge < -0.3 is 10.6 Å². The smallest absolute Gasteiger partial charge is 0.259 e. The summed E-state index contributed by atoms with van der Waals surface area (Å²) in [6.45, 7) is 4.39. The van der Waals surface area contributed by atoms with Crippen LogP contribution >= 0.6 is 0 Å². The van der Waals surface area contributed by atoms with E-state index in [4.69, 9.17) is 0 Å². The zero-order chi connectivity index (χ0) is 26.2. The molecule has 2 N–H and O–H groups in total. The third-order valence-corrected chi connectivity index (χ3v) is 7.76. The molecule has 2 saturated heterocycles. The maximum Gasteiger partial charge on any atom is 0.259 e. The molecule has 0 aromatic carbocycles. The number of carbonyl (C=O) groups excluding carboxylic acids is 2. The molecule has 4 aromatic rings. The van der Waals surface area contributed by atoms with Gasteiger partial charge in [-0.05, 0) is 44.6 Å². The maximum absolute atomic E-state index is 13.2. The van der Waals surface area contributed by atoms with Crippen LogP contribution in [0.25, 0.3) is 16.8 Å². The van der Waals surface area contributed by atoms with E-state index in [1.165, 1.54) is 31.9 Å². The van der Waals surface area contributed by atoms with Gasteiger partial charge in [0.1, 0.15) is 0 Å². The van der Waals surface area contributed by atoms with E-state index in [1.54, 1.807) is 47.0 Å². The van der Waals surface area contributed by atoms with E-state index < -0.39 is 0 Å². The van der Waals surface area contributed by atoms with E-state index in [0.29, 0.717) is 46.3 Å². The predicted octanol–water partition coefficient (Wildman–Crippen LogP) is 2.69. The topological polar surface area (TPSA) is 122 Å². The number of pyridine rings is 1. The third-order valence-electron chi connectivity index (χ3n) is 7.76. The monoisotopic (exact) mass is 513 g/mol. The van der Waals surface area contributed by atoms with Crippen molar-refractivity contribution in [1.82, 2.24) is 39.6 Å². The quantitative estimate of drug-likeness (QED) is 0.390. The number of aromatic nitrogens is 6. The fourth-order valence-corrected chi connectivity index (χ4v) is 5.60. The first-order valence-corrected chi connectivity index (χ1v) is 13.1. The number of hydrogen-bond donors (Lipinski definition) is 2. The first-order chi connectivity index (χ1) is 18.4. The minimum Gasteiger partial charge on any atom is -0.351 e. The number of hydrogen-bond acceptors (Lipinski definition) is 7. The van der Waals surface area contributed by atoms with Gasteiger partial charge in [0.2, 0.25) is 0 Å². The molecule has 0 unspecified atom stereocenters. The summed E-state index contributed by atoms with van der Waals surface area (Å²) in [5, 5.41) is 14.4. The van der Waals surface area contributed by atoms with Crippen molar-refractivity contribution < 1.29 is 9.59 Å². The summed E-state index contributed by atoms with van der Waals surface area (Å²) < 4.78 is 3.32. The summed E-state index contributed by atoms with van der Waals surface area (Å²) in [6, 6.07) is 2.33. The molecule has 3 aliphatic rings. The zero-order valence-electron chi connectivity index (χ0n) is 21.6. The largest absolute Gasteiger partial charge is 0.351 e. The van der Waals surface area contributed by atoms with Crippen LogP contribution in [0.2, 0.25) is 0 Å². The zero-order valence-corrected chi connectivity index (χ0v) is 21.6. The molecule has 0 spiro atoms. The minimum atomic E-state index is -0.349. The van der Waals surface area contributed by atoms with Crippen LogP contribution in [-0.4, -0.2) is 71.8 Å². The number of carbonyl (C=O) groups is 2. The van der Waals surface area contributed by atoms with Crippen LogP contribution < -0.4 is 10.6 Å². The average molecular weight is 514 g/mol. The molecule has 38 heavy (non-hydrogen) atoms. The van der Waals surface area contributed by atoms with Gasteiger partial charge in [-0.25, -0.2) is 4.52 Å². The van der Waals surface area contributed by atoms with Crippen molar-refractivity contribution >= 4 is 23.0 Å². The Morgan fingerprint density at radius 2 is 1.84 bits per heavy atom. The van der Waals surface area contributed by atoms with Crippen molar-refractivity contribution in [1.29, 1.82) is 0 Å². The third kappa shape index (κ3) is 4.76. The number of piperidine rings is 2. The van der Waals surface area contributed by atoms with Crippen LogP contribution in [0.15, 0.2) is 43.2 Å². The Balaban J connectivity index is 1.11. The molecule has 0 radical (unpaired) electrons. The normalized spacial score (nSPS) is 19.1. The Bertz CT molecular complexity index is 1500. The first-order valence-electron chi connectivity index (χ1n) is 13.1. The SMILES string of the molecule is Cc1ncc(C(=O)NCCN2CC3CCC2CC3)cc1NC(=O)c1cnn2cc(-c3cnn(C)c3)ncc12. The van der Waals surface area contributed by atoms with Crippen molar-refractivity contribution in [3.8, 4) is 11.3 Å². The number of nitrogens with one attached hydrogen (secondary N) is 2. The van der Waals surface area contributed by atoms with Crippen molar-refractivity contribution in [2.45, 2.75) is 38.6 Å². The molecule has 6 heterocycles. The second-order valence-corrected chi connectivity index (χ2v) is 10.3. The van der Waals surface area contributed by atoms with Gasteiger partial charge >= 0.3 is 0 Å². The molecule has 1 aliphatic carbocycles. The summed E-state index contributed by atoms with van der Waals surface area (Å²) in [7, 11) is 1.84. The van der Waals surface area contributed by atoms with Crippen LogP contribution in [0.5, 0.6) is 0 Å². The molecule has 2 amide bonds. The summed E-state index contributed by atoms with van der Waals surface area (Å²) in [6.07, 6.45) is 15.3. The highest BCUT2D eigenvalue weighted by Crippen LogP contribution is 2.34. The minimum absolute atomic E-state index is 0.196. The van der Waals surface area contributed by atoms with Gasteiger partial charge in [0, 0.05) is 50.7 Å². The Morgan fingerprint density at radius 1 is 1.00 bits per heavy atom. The fourth-order valence-electron chi connectivity index (χ4n) is 5.60. The van der Waals surface area contributed by atoms with Crippen LogP contribution in [0.1, 0.15) is 52.1 Å². The highest BCUT2D eigenvalue weighted by molar-refractivity contribution is 6.09. The molecular formula is C27H31N9O2. The summed E-state index contributed by atoms with van der Waals surface area (Å²) in [5.41, 5.74) is 4.01. The van der Waals surface area contributed by atoms with E-state index in [9.17, 15) is 9.59 Å². The van der Waals surface area contributed by atoms with Gasteiger partial charge in [-0.3, -0.25) is 29.1 Å². The second-order valence-electron chi connectivity index (χ2n) is 10.3. The Morgan fingerprint density at radius 3 is 2.58 bits per heavy atom. The van der Waals surface area contributed by atoms with Crippen molar-refractivity contribution in [2.75, 3.05) is 25.0 Å². The van der Waals surface area contributed by atoms with Crippen LogP contribution in [0, 0.1) is 12.8 Å². The van der Waals surface area contributed by atoms with Gasteiger partial charge in [0.05, 0.1) is 58.5 Å². The van der Waals surface area contributed by atoms with Crippen LogP contribution in [-0.2, 0) is 7.05 Å². The molecule has 1 saturated carbocycles. The van der Waals surface area contributed by atoms with Crippen molar-refractivity contribution in [3.05, 3.63) is 60.1 Å². The van der Waals surface area contributed by atoms with E-state index in [1.807, 2.05) is 13.2 Å². The predicted molar refractivity (Wildman–Crippen MR) is 142 cm³/mol. The summed E-state index contributed by atoms with van der Waals surface area (Å²) in [5.74, 6) is 0.270. The lowest BCUT2D eigenvalue weighted by molar-refractivity contribution is 0.0494. The molecule has 2 aliphatic heterocycles. The first kappa shape index (κ1) is 24.2. The van der Waals surface area contributed by atoms with Gasteiger partial charge in [-0.15, -0.1) is 0 Å². The number of amides is 2. The van der Waals surface area contributed by atoms with Crippen molar-refractivity contribution in [3.63, 3.8) is 0 Å². The Hall–Kier alpha value is -4.12. The number of rotatable bonds is 7. The van der Waals surface area contributed by atoms with Gasteiger partial charge in [-0.1, -0.05) is 0 Å². The van der Waals surface area contributed by atoms with E-state index in [2.05, 4.69) is 35.7 Å². The van der Waals surface area contributed by atoms with Crippen LogP contribution in [0.4, 0.5) is 5.69 Å². The van der Waals surface area contributed by atoms with E-state index in [0.717, 1.165) is 24.6 Å². The molecule has 4 aromatic heterocycles. The Labute approximate surface area is 220 Å². The molecule has 196 valence electrons. The second kappa shape index (κ2) is 9.97. The molecule has 11 heteroatoms. The fraction of sp³-hybridized carbons (Fsp3) is 0.407. The number of fused-ring (bicyclic) bond motifs is 4. The number of aryl methyl sites for hydroxylation is 2. The van der Waals surface area contributed by atoms with Crippen LogP contribution in [0.3, 0.4) is 0 Å². The highest BCUT2D eigenvalue weighted by atomic mass is 16.2. The lowest BCUT2D eigenvalue weighted by Gasteiger charge is -2.45. The lowest BCUT2D eigenvalue weighted by atomic mass is 9.80. The number of nitrogens with zero attached hydrogens (tertiary/aromatic N) is 7. The van der Waals surface area contributed by atoms with Crippen molar-refractivity contribution in [2.24, 2.45) is 13.0 Å². The molecular weight excluding hydrogens is 482 g/mol. The average Bonchev–Trinajstić information content (AvgIpc) is 3.56. The standard InChI is InChI=1S/C27H31N9O2/c1-17-23(9-19(10-29-17)26(37)28-7-8-35-14-18-3-5-21(35)6-4-18)33-27(38)22-12-32-36-16-24(30-13-25(22)36)20-11-31-34(2)15-20/h9-13,15-16,18,21H,3-8,14H2,1-2H3,(H,28,37)(H,33,38). The molecule has 2 bridgehead atoms. The lowest BCUT2D eigenvalue weighted by Crippen LogP contribution is -2.50. The van der Waals surface area contributed by atoms with Gasteiger partial charge in [-0.2, -0.15) is 10.2 Å². The summed E-state index contributed by atoms with van der Waals surface area (Å²) >= 11 is 0. The van der Waals surface area contributed by atoms with E-state index >= 15 is 0 Å². The Kier molecular flexibility index (Phi) is 6.36. The highest BCUT2D eigenvalue weighted by Gasteiger charge is 2.33. The van der Waals surface area contributed by atoms with Gasteiger partial charge in [0.15, 0.2) is 0 Å². The van der Waals surface area contributed by atoms with Gasteiger partial charge in [0.25, 0.3) is 11.8 Å². The molecule has 3 fully saturated rings. The maximum atomic E-state index is 13.2. The summed E-state index contributed by atoms with van der Waals surface area (Å²) in [4.78, 5) is 37.3. The molecule has 11 nitrogen and oxygen atoms in total. The van der Waals surface area contributed by atoms with E-state index in [-0.39, 0.29) is 11.8 Å². The number of anilines is 1. The molecule has 0 atom stereocenters. The molecule has 7 rings (SSSR count).